The van der Waals surface area contributed by atoms with E-state index in [-0.39, 0.29) is 5.56 Å². The molecule has 0 saturated carbocycles. The van der Waals surface area contributed by atoms with E-state index in [0.29, 0.717) is 13.2 Å². The second-order valence-corrected chi connectivity index (χ2v) is 4.51. The van der Waals surface area contributed by atoms with Gasteiger partial charge in [0.25, 0.3) is 0 Å². The minimum atomic E-state index is -1.11. The Kier molecular flexibility index (Phi) is 5.23. The molecule has 0 aromatic heterocycles. The van der Waals surface area contributed by atoms with Crippen molar-refractivity contribution >= 4 is 12.0 Å². The van der Waals surface area contributed by atoms with Gasteiger partial charge in [0.05, 0.1) is 13.2 Å². The van der Waals surface area contributed by atoms with E-state index in [9.17, 15) is 9.18 Å². The number of carboxylic acids is 1. The Morgan fingerprint density at radius 3 is 2.52 bits per heavy atom. The summed E-state index contributed by atoms with van der Waals surface area (Å²) in [5.74, 6) is -1.57. The highest BCUT2D eigenvalue weighted by atomic mass is 19.1. The van der Waals surface area contributed by atoms with Gasteiger partial charge in [0.1, 0.15) is 5.82 Å². The summed E-state index contributed by atoms with van der Waals surface area (Å²) in [5.41, 5.74) is 2.08. The summed E-state index contributed by atoms with van der Waals surface area (Å²) in [7, 11) is 0. The number of carboxylic acid groups (broad SMARTS) is 1. The monoisotopic (exact) mass is 286 g/mol. The molecule has 0 atom stereocenters. The van der Waals surface area contributed by atoms with Crippen molar-refractivity contribution in [3.63, 3.8) is 0 Å². The molecule has 2 aromatic carbocycles. The minimum absolute atomic E-state index is 0.234. The number of hydrogen-bond donors (Lipinski definition) is 1. The Hall–Kier alpha value is -2.46. The minimum Gasteiger partial charge on any atom is -0.478 e. The fourth-order valence-electron chi connectivity index (χ4n) is 1.83. The summed E-state index contributed by atoms with van der Waals surface area (Å²) in [5, 5.41) is 8.57. The number of aliphatic carboxylic acids is 1. The standard InChI is InChI=1S/C17H15FO3/c18-16-8-6-14(10-15(16)7-9-17(19)20)12-21-11-13-4-2-1-3-5-13/h1-10H,11-12H2,(H,19,20). The van der Waals surface area contributed by atoms with Gasteiger partial charge in [-0.15, -0.1) is 0 Å². The molecule has 2 rings (SSSR count). The molecule has 0 fully saturated rings. The molecule has 0 heterocycles. The molecule has 3 nitrogen and oxygen atoms in total. The predicted octanol–water partition coefficient (Wildman–Crippen LogP) is 3.64. The van der Waals surface area contributed by atoms with Crippen LogP contribution >= 0.6 is 0 Å². The van der Waals surface area contributed by atoms with Gasteiger partial charge in [-0.05, 0) is 29.3 Å². The molecule has 0 saturated heterocycles. The zero-order valence-electron chi connectivity index (χ0n) is 11.3. The maximum atomic E-state index is 13.5. The van der Waals surface area contributed by atoms with Crippen molar-refractivity contribution in [2.75, 3.05) is 0 Å². The lowest BCUT2D eigenvalue weighted by Crippen LogP contribution is -1.96. The second-order valence-electron chi connectivity index (χ2n) is 4.51. The first kappa shape index (κ1) is 14.9. The molecule has 0 unspecified atom stereocenters. The van der Waals surface area contributed by atoms with Gasteiger partial charge in [-0.3, -0.25) is 0 Å². The maximum Gasteiger partial charge on any atom is 0.328 e. The molecule has 0 bridgehead atoms. The molecule has 0 aliphatic rings. The molecule has 4 heteroatoms. The van der Waals surface area contributed by atoms with Crippen LogP contribution in [0.15, 0.2) is 54.6 Å². The zero-order valence-corrected chi connectivity index (χ0v) is 11.3. The smallest absolute Gasteiger partial charge is 0.328 e. The fraction of sp³-hybridized carbons (Fsp3) is 0.118. The van der Waals surface area contributed by atoms with Crippen molar-refractivity contribution in [3.05, 3.63) is 77.1 Å². The third-order valence-corrected chi connectivity index (χ3v) is 2.85. The largest absolute Gasteiger partial charge is 0.478 e. The van der Waals surface area contributed by atoms with Crippen LogP contribution in [0.3, 0.4) is 0 Å². The molecule has 0 aliphatic carbocycles. The normalized spacial score (nSPS) is 10.9. The first-order chi connectivity index (χ1) is 10.1. The third kappa shape index (κ3) is 4.85. The van der Waals surface area contributed by atoms with E-state index in [0.717, 1.165) is 17.2 Å². The van der Waals surface area contributed by atoms with Gasteiger partial charge in [0.15, 0.2) is 0 Å². The van der Waals surface area contributed by atoms with E-state index in [1.165, 1.54) is 12.1 Å². The predicted molar refractivity (Wildman–Crippen MR) is 78.0 cm³/mol. The van der Waals surface area contributed by atoms with Crippen molar-refractivity contribution in [1.29, 1.82) is 0 Å². The van der Waals surface area contributed by atoms with E-state index in [4.69, 9.17) is 9.84 Å². The average Bonchev–Trinajstić information content (AvgIpc) is 2.48. The van der Waals surface area contributed by atoms with Crippen LogP contribution in [0.2, 0.25) is 0 Å². The highest BCUT2D eigenvalue weighted by Gasteiger charge is 2.02. The van der Waals surface area contributed by atoms with Crippen molar-refractivity contribution in [1.82, 2.24) is 0 Å². The van der Waals surface area contributed by atoms with E-state index in [1.807, 2.05) is 30.3 Å². The Bertz CT molecular complexity index is 636. The highest BCUT2D eigenvalue weighted by Crippen LogP contribution is 2.14. The van der Waals surface area contributed by atoms with Crippen LogP contribution in [-0.4, -0.2) is 11.1 Å². The number of carbonyl (C=O) groups is 1. The Morgan fingerprint density at radius 1 is 1.10 bits per heavy atom. The van der Waals surface area contributed by atoms with Crippen LogP contribution in [0.4, 0.5) is 4.39 Å². The highest BCUT2D eigenvalue weighted by molar-refractivity contribution is 5.85. The number of rotatable bonds is 6. The first-order valence-electron chi connectivity index (χ1n) is 6.46. The molecule has 0 aliphatic heterocycles. The van der Waals surface area contributed by atoms with Crippen molar-refractivity contribution in [2.24, 2.45) is 0 Å². The number of ether oxygens (including phenoxy) is 1. The molecule has 21 heavy (non-hydrogen) atoms. The summed E-state index contributed by atoms with van der Waals surface area (Å²) >= 11 is 0. The summed E-state index contributed by atoms with van der Waals surface area (Å²) in [6.07, 6.45) is 2.14. The van der Waals surface area contributed by atoms with Crippen molar-refractivity contribution in [2.45, 2.75) is 13.2 Å². The summed E-state index contributed by atoms with van der Waals surface area (Å²) in [4.78, 5) is 10.5. The molecular weight excluding hydrogens is 271 g/mol. The van der Waals surface area contributed by atoms with Crippen LogP contribution in [0.1, 0.15) is 16.7 Å². The van der Waals surface area contributed by atoms with Crippen LogP contribution in [0.25, 0.3) is 6.08 Å². The van der Waals surface area contributed by atoms with Crippen LogP contribution in [0.5, 0.6) is 0 Å². The van der Waals surface area contributed by atoms with E-state index >= 15 is 0 Å². The number of hydrogen-bond acceptors (Lipinski definition) is 2. The Morgan fingerprint density at radius 2 is 1.81 bits per heavy atom. The van der Waals surface area contributed by atoms with Gasteiger partial charge in [-0.1, -0.05) is 36.4 Å². The van der Waals surface area contributed by atoms with Gasteiger partial charge in [-0.25, -0.2) is 9.18 Å². The SMILES string of the molecule is O=C(O)C=Cc1cc(COCc2ccccc2)ccc1F. The molecule has 2 aromatic rings. The number of benzene rings is 2. The van der Waals surface area contributed by atoms with E-state index in [2.05, 4.69) is 0 Å². The van der Waals surface area contributed by atoms with Crippen molar-refractivity contribution < 1.29 is 19.0 Å². The molecule has 0 amide bonds. The molecular formula is C17H15FO3. The van der Waals surface area contributed by atoms with E-state index in [1.54, 1.807) is 12.1 Å². The lowest BCUT2D eigenvalue weighted by atomic mass is 10.1. The molecule has 0 spiro atoms. The molecule has 0 radical (unpaired) electrons. The lowest BCUT2D eigenvalue weighted by molar-refractivity contribution is -0.131. The average molecular weight is 286 g/mol. The van der Waals surface area contributed by atoms with Gasteiger partial charge in [0, 0.05) is 11.6 Å². The summed E-state index contributed by atoms with van der Waals surface area (Å²) in [6, 6.07) is 14.2. The van der Waals surface area contributed by atoms with Crippen molar-refractivity contribution in [3.8, 4) is 0 Å². The van der Waals surface area contributed by atoms with Gasteiger partial charge in [0.2, 0.25) is 0 Å². The van der Waals surface area contributed by atoms with E-state index < -0.39 is 11.8 Å². The number of halogens is 1. The lowest BCUT2D eigenvalue weighted by Gasteiger charge is -2.06. The first-order valence-corrected chi connectivity index (χ1v) is 6.46. The maximum absolute atomic E-state index is 13.5. The molecule has 108 valence electrons. The van der Waals surface area contributed by atoms with Crippen LogP contribution in [-0.2, 0) is 22.7 Å². The van der Waals surface area contributed by atoms with Gasteiger partial charge in [-0.2, -0.15) is 0 Å². The van der Waals surface area contributed by atoms with Crippen LogP contribution < -0.4 is 0 Å². The summed E-state index contributed by atoms with van der Waals surface area (Å²) < 4.78 is 19.1. The topological polar surface area (TPSA) is 46.5 Å². The zero-order chi connectivity index (χ0) is 15.1. The Balaban J connectivity index is 1.97. The Labute approximate surface area is 122 Å². The third-order valence-electron chi connectivity index (χ3n) is 2.85. The quantitative estimate of drug-likeness (QED) is 0.825. The molecule has 1 N–H and O–H groups in total. The van der Waals surface area contributed by atoms with Gasteiger partial charge >= 0.3 is 5.97 Å². The second kappa shape index (κ2) is 7.36. The fourth-order valence-corrected chi connectivity index (χ4v) is 1.83. The summed E-state index contributed by atoms with van der Waals surface area (Å²) in [6.45, 7) is 0.807. The van der Waals surface area contributed by atoms with Crippen LogP contribution in [0, 0.1) is 5.82 Å². The van der Waals surface area contributed by atoms with Gasteiger partial charge < -0.3 is 9.84 Å².